The molecule has 5 rings (SSSR count). The van der Waals surface area contributed by atoms with Gasteiger partial charge in [-0.05, 0) is 36.8 Å². The van der Waals surface area contributed by atoms with Crippen molar-refractivity contribution in [2.45, 2.75) is 51.9 Å². The molecule has 0 bridgehead atoms. The van der Waals surface area contributed by atoms with E-state index < -0.39 is 0 Å². The molecule has 1 fully saturated rings. The van der Waals surface area contributed by atoms with Gasteiger partial charge in [-0.3, -0.25) is 9.59 Å². The molecule has 0 unspecified atom stereocenters. The van der Waals surface area contributed by atoms with Gasteiger partial charge in [0.25, 0.3) is 5.91 Å². The SMILES string of the molecule is Cc1ccc([C@H]2Cn3nnc(C(=O)N4CCC(C(=O)NC[C@H](C)c5ccccc5)CC4)c3CO2)cc1. The van der Waals surface area contributed by atoms with Gasteiger partial charge in [0, 0.05) is 25.6 Å². The molecule has 3 aromatic rings. The van der Waals surface area contributed by atoms with Crippen molar-refractivity contribution < 1.29 is 14.3 Å². The molecule has 0 radical (unpaired) electrons. The molecule has 0 aliphatic carbocycles. The van der Waals surface area contributed by atoms with Gasteiger partial charge < -0.3 is 15.0 Å². The van der Waals surface area contributed by atoms with Gasteiger partial charge in [-0.2, -0.15) is 0 Å². The number of hydrogen-bond acceptors (Lipinski definition) is 5. The number of fused-ring (bicyclic) bond motifs is 1. The first kappa shape index (κ1) is 24.2. The van der Waals surface area contributed by atoms with Gasteiger partial charge in [0.15, 0.2) is 5.69 Å². The highest BCUT2D eigenvalue weighted by atomic mass is 16.5. The fraction of sp³-hybridized carbons (Fsp3) is 0.429. The van der Waals surface area contributed by atoms with Crippen molar-refractivity contribution >= 4 is 11.8 Å². The van der Waals surface area contributed by atoms with E-state index >= 15 is 0 Å². The van der Waals surface area contributed by atoms with Crippen molar-refractivity contribution in [1.29, 1.82) is 0 Å². The number of ether oxygens (including phenoxy) is 1. The smallest absolute Gasteiger partial charge is 0.276 e. The Labute approximate surface area is 211 Å². The van der Waals surface area contributed by atoms with Crippen LogP contribution in [-0.2, 0) is 22.7 Å². The first-order valence-corrected chi connectivity index (χ1v) is 12.7. The van der Waals surface area contributed by atoms with Crippen LogP contribution in [0.15, 0.2) is 54.6 Å². The highest BCUT2D eigenvalue weighted by Crippen LogP contribution is 2.28. The zero-order chi connectivity index (χ0) is 25.1. The predicted molar refractivity (Wildman–Crippen MR) is 135 cm³/mol. The van der Waals surface area contributed by atoms with E-state index in [9.17, 15) is 9.59 Å². The molecule has 3 heterocycles. The largest absolute Gasteiger partial charge is 0.365 e. The minimum absolute atomic E-state index is 0.0708. The maximum atomic E-state index is 13.2. The van der Waals surface area contributed by atoms with E-state index in [0.29, 0.717) is 51.3 Å². The highest BCUT2D eigenvalue weighted by molar-refractivity contribution is 5.93. The normalized spacial score (nSPS) is 18.9. The Morgan fingerprint density at radius 3 is 2.53 bits per heavy atom. The number of rotatable bonds is 6. The summed E-state index contributed by atoms with van der Waals surface area (Å²) >= 11 is 0. The number of aryl methyl sites for hydroxylation is 1. The van der Waals surface area contributed by atoms with E-state index in [4.69, 9.17) is 4.74 Å². The number of carbonyl (C=O) groups is 2. The third kappa shape index (κ3) is 5.18. The Morgan fingerprint density at radius 2 is 1.81 bits per heavy atom. The predicted octanol–water partition coefficient (Wildman–Crippen LogP) is 3.63. The quantitative estimate of drug-likeness (QED) is 0.574. The summed E-state index contributed by atoms with van der Waals surface area (Å²) in [5, 5.41) is 11.6. The summed E-state index contributed by atoms with van der Waals surface area (Å²) in [6.07, 6.45) is 1.18. The van der Waals surface area contributed by atoms with Gasteiger partial charge in [-0.15, -0.1) is 5.10 Å². The Morgan fingerprint density at radius 1 is 1.08 bits per heavy atom. The minimum Gasteiger partial charge on any atom is -0.365 e. The van der Waals surface area contributed by atoms with Gasteiger partial charge in [-0.25, -0.2) is 4.68 Å². The lowest BCUT2D eigenvalue weighted by atomic mass is 9.95. The van der Waals surface area contributed by atoms with Gasteiger partial charge in [-0.1, -0.05) is 72.3 Å². The maximum Gasteiger partial charge on any atom is 0.276 e. The highest BCUT2D eigenvalue weighted by Gasteiger charge is 2.33. The number of nitrogens with zero attached hydrogens (tertiary/aromatic N) is 4. The molecule has 2 aliphatic rings. The van der Waals surface area contributed by atoms with E-state index in [0.717, 1.165) is 11.3 Å². The summed E-state index contributed by atoms with van der Waals surface area (Å²) in [5.74, 6) is 0.112. The molecule has 2 atom stereocenters. The first-order chi connectivity index (χ1) is 17.5. The van der Waals surface area contributed by atoms with Crippen LogP contribution in [0.3, 0.4) is 0 Å². The number of hydrogen-bond donors (Lipinski definition) is 1. The summed E-state index contributed by atoms with van der Waals surface area (Å²) in [6, 6.07) is 18.5. The van der Waals surface area contributed by atoms with Crippen molar-refractivity contribution in [2.75, 3.05) is 19.6 Å². The monoisotopic (exact) mass is 487 g/mol. The zero-order valence-electron chi connectivity index (χ0n) is 20.9. The average Bonchev–Trinajstić information content (AvgIpc) is 3.35. The van der Waals surface area contributed by atoms with Gasteiger partial charge in [0.05, 0.1) is 18.8 Å². The number of carbonyl (C=O) groups excluding carboxylic acids is 2. The van der Waals surface area contributed by atoms with Gasteiger partial charge in [0.1, 0.15) is 6.10 Å². The fourth-order valence-electron chi connectivity index (χ4n) is 4.95. The standard InChI is InChI=1S/C28H33N5O3/c1-19-8-10-22(11-9-19)25-17-33-24(18-36-25)26(30-31-33)28(35)32-14-12-23(13-15-32)27(34)29-16-20(2)21-6-4-3-5-7-21/h3-11,20,23,25H,12-18H2,1-2H3,(H,29,34)/t20-,25+/m0/s1. The van der Waals surface area contributed by atoms with E-state index in [2.05, 4.69) is 65.9 Å². The number of amides is 2. The summed E-state index contributed by atoms with van der Waals surface area (Å²) < 4.78 is 7.86. The van der Waals surface area contributed by atoms with Crippen LogP contribution in [0.25, 0.3) is 0 Å². The molecule has 2 aliphatic heterocycles. The molecule has 0 spiro atoms. The maximum absolute atomic E-state index is 13.2. The van der Waals surface area contributed by atoms with Gasteiger partial charge >= 0.3 is 0 Å². The van der Waals surface area contributed by atoms with Crippen LogP contribution in [0.4, 0.5) is 0 Å². The molecule has 0 saturated carbocycles. The van der Waals surface area contributed by atoms with Crippen molar-refractivity contribution in [1.82, 2.24) is 25.2 Å². The minimum atomic E-state index is -0.134. The zero-order valence-corrected chi connectivity index (χ0v) is 20.9. The van der Waals surface area contributed by atoms with Crippen molar-refractivity contribution in [3.05, 3.63) is 82.7 Å². The summed E-state index contributed by atoms with van der Waals surface area (Å²) in [6.45, 7) is 6.67. The molecule has 2 aromatic carbocycles. The van der Waals surface area contributed by atoms with Crippen LogP contribution in [0.1, 0.15) is 64.7 Å². The Balaban J connectivity index is 1.13. The number of benzene rings is 2. The van der Waals surface area contributed by atoms with Crippen LogP contribution >= 0.6 is 0 Å². The molecule has 8 nitrogen and oxygen atoms in total. The molecule has 1 N–H and O–H groups in total. The number of aromatic nitrogens is 3. The van der Waals surface area contributed by atoms with E-state index in [1.165, 1.54) is 11.1 Å². The Hall–Kier alpha value is -3.52. The topological polar surface area (TPSA) is 89.4 Å². The third-order valence-electron chi connectivity index (χ3n) is 7.35. The second-order valence-corrected chi connectivity index (χ2v) is 9.90. The van der Waals surface area contributed by atoms with Crippen molar-refractivity contribution in [3.63, 3.8) is 0 Å². The van der Waals surface area contributed by atoms with Gasteiger partial charge in [0.2, 0.25) is 5.91 Å². The second kappa shape index (κ2) is 10.6. The second-order valence-electron chi connectivity index (χ2n) is 9.90. The molecule has 1 saturated heterocycles. The number of likely N-dealkylation sites (tertiary alicyclic amines) is 1. The number of piperidine rings is 1. The summed E-state index contributed by atoms with van der Waals surface area (Å²) in [4.78, 5) is 27.7. The first-order valence-electron chi connectivity index (χ1n) is 12.7. The van der Waals surface area contributed by atoms with Crippen LogP contribution < -0.4 is 5.32 Å². The molecular formula is C28H33N5O3. The van der Waals surface area contributed by atoms with Crippen LogP contribution in [0, 0.1) is 12.8 Å². The van der Waals surface area contributed by atoms with Crippen LogP contribution in [0.2, 0.25) is 0 Å². The number of nitrogens with one attached hydrogen (secondary N) is 1. The molecular weight excluding hydrogens is 454 g/mol. The Bertz CT molecular complexity index is 1200. The average molecular weight is 488 g/mol. The molecule has 8 heteroatoms. The van der Waals surface area contributed by atoms with Crippen molar-refractivity contribution in [2.24, 2.45) is 5.92 Å². The lowest BCUT2D eigenvalue weighted by Crippen LogP contribution is -2.44. The summed E-state index contributed by atoms with van der Waals surface area (Å²) in [5.41, 5.74) is 4.58. The fourth-order valence-corrected chi connectivity index (χ4v) is 4.95. The lowest BCUT2D eigenvalue weighted by Gasteiger charge is -2.31. The van der Waals surface area contributed by atoms with E-state index in [1.54, 1.807) is 9.58 Å². The van der Waals surface area contributed by atoms with Crippen LogP contribution in [0.5, 0.6) is 0 Å². The van der Waals surface area contributed by atoms with Crippen molar-refractivity contribution in [3.8, 4) is 0 Å². The molecule has 188 valence electrons. The van der Waals surface area contributed by atoms with E-state index in [1.807, 2.05) is 18.2 Å². The summed E-state index contributed by atoms with van der Waals surface area (Å²) in [7, 11) is 0. The molecule has 2 amide bonds. The Kier molecular flexibility index (Phi) is 7.13. The molecule has 1 aromatic heterocycles. The molecule has 36 heavy (non-hydrogen) atoms. The third-order valence-corrected chi connectivity index (χ3v) is 7.35. The van der Waals surface area contributed by atoms with E-state index in [-0.39, 0.29) is 29.8 Å². The van der Waals surface area contributed by atoms with Crippen LogP contribution in [-0.4, -0.2) is 51.3 Å². The lowest BCUT2D eigenvalue weighted by molar-refractivity contribution is -0.126.